The van der Waals surface area contributed by atoms with Crippen LogP contribution in [0.25, 0.3) is 9.88 Å². The average molecular weight is 389 g/mol. The monoisotopic (exact) mass is 388 g/mol. The van der Waals surface area contributed by atoms with Crippen molar-refractivity contribution >= 4 is 28.6 Å². The minimum atomic E-state index is -0.0392. The standard InChI is InChI=1S/C19H20N2O3S2/c1-12-17(26-19(21-12)16-5-4-8-25-16)11-20-18(22)10-13-6-7-14(23-2)15(9-13)24-3/h4-9H,10-11H2,1-3H3,(H,20,22). The fourth-order valence-corrected chi connectivity index (χ4v) is 4.31. The number of nitrogens with zero attached hydrogens (tertiary/aromatic N) is 1. The fraction of sp³-hybridized carbons (Fsp3) is 0.263. The third-order valence-corrected chi connectivity index (χ3v) is 6.08. The molecule has 1 N–H and O–H groups in total. The number of carbonyl (C=O) groups is 1. The molecule has 0 unspecified atom stereocenters. The van der Waals surface area contributed by atoms with E-state index in [0.29, 0.717) is 18.0 Å². The molecule has 0 saturated carbocycles. The van der Waals surface area contributed by atoms with Crippen LogP contribution in [0.2, 0.25) is 0 Å². The molecule has 2 heterocycles. The zero-order chi connectivity index (χ0) is 18.5. The van der Waals surface area contributed by atoms with Gasteiger partial charge in [0.15, 0.2) is 11.5 Å². The summed E-state index contributed by atoms with van der Waals surface area (Å²) in [5, 5.41) is 6.02. The summed E-state index contributed by atoms with van der Waals surface area (Å²) in [5.41, 5.74) is 1.84. The summed E-state index contributed by atoms with van der Waals surface area (Å²) in [4.78, 5) is 19.1. The lowest BCUT2D eigenvalue weighted by atomic mass is 10.1. The highest BCUT2D eigenvalue weighted by Crippen LogP contribution is 2.31. The summed E-state index contributed by atoms with van der Waals surface area (Å²) >= 11 is 3.29. The molecule has 0 saturated heterocycles. The van der Waals surface area contributed by atoms with Gasteiger partial charge in [0, 0.05) is 4.88 Å². The normalized spacial score (nSPS) is 10.6. The molecular weight excluding hydrogens is 368 g/mol. The second-order valence-electron chi connectivity index (χ2n) is 5.65. The molecule has 3 aromatic rings. The fourth-order valence-electron chi connectivity index (χ4n) is 2.52. The van der Waals surface area contributed by atoms with E-state index in [-0.39, 0.29) is 12.3 Å². The van der Waals surface area contributed by atoms with Gasteiger partial charge in [-0.3, -0.25) is 4.79 Å². The van der Waals surface area contributed by atoms with E-state index in [1.807, 2.05) is 36.6 Å². The van der Waals surface area contributed by atoms with Crippen LogP contribution < -0.4 is 14.8 Å². The van der Waals surface area contributed by atoms with Gasteiger partial charge in [0.25, 0.3) is 0 Å². The van der Waals surface area contributed by atoms with Gasteiger partial charge in [-0.05, 0) is 36.1 Å². The Morgan fingerprint density at radius 2 is 2.00 bits per heavy atom. The number of methoxy groups -OCH3 is 2. The summed E-state index contributed by atoms with van der Waals surface area (Å²) in [6.45, 7) is 2.46. The van der Waals surface area contributed by atoms with Crippen LogP contribution in [0.1, 0.15) is 16.1 Å². The highest BCUT2D eigenvalue weighted by atomic mass is 32.1. The zero-order valence-electron chi connectivity index (χ0n) is 14.9. The number of amides is 1. The Bertz CT molecular complexity index is 888. The van der Waals surface area contributed by atoms with Gasteiger partial charge in [-0.15, -0.1) is 22.7 Å². The first-order valence-corrected chi connectivity index (χ1v) is 9.78. The quantitative estimate of drug-likeness (QED) is 0.663. The van der Waals surface area contributed by atoms with Crippen LogP contribution in [0.3, 0.4) is 0 Å². The van der Waals surface area contributed by atoms with E-state index >= 15 is 0 Å². The predicted molar refractivity (Wildman–Crippen MR) is 105 cm³/mol. The molecule has 3 rings (SSSR count). The Hall–Kier alpha value is -2.38. The Morgan fingerprint density at radius 3 is 2.69 bits per heavy atom. The zero-order valence-corrected chi connectivity index (χ0v) is 16.5. The van der Waals surface area contributed by atoms with Crippen molar-refractivity contribution < 1.29 is 14.3 Å². The van der Waals surface area contributed by atoms with Crippen LogP contribution in [0.4, 0.5) is 0 Å². The first kappa shape index (κ1) is 18.4. The summed E-state index contributed by atoms with van der Waals surface area (Å²) in [6, 6.07) is 9.57. The lowest BCUT2D eigenvalue weighted by Crippen LogP contribution is -2.24. The lowest BCUT2D eigenvalue weighted by molar-refractivity contribution is -0.120. The highest BCUT2D eigenvalue weighted by Gasteiger charge is 2.12. The molecule has 2 aromatic heterocycles. The van der Waals surface area contributed by atoms with E-state index in [1.54, 1.807) is 36.9 Å². The molecule has 0 fully saturated rings. The van der Waals surface area contributed by atoms with E-state index in [0.717, 1.165) is 26.0 Å². The van der Waals surface area contributed by atoms with Crippen molar-refractivity contribution in [2.45, 2.75) is 19.9 Å². The van der Waals surface area contributed by atoms with Crippen molar-refractivity contribution in [1.82, 2.24) is 10.3 Å². The first-order valence-electron chi connectivity index (χ1n) is 8.08. The van der Waals surface area contributed by atoms with Gasteiger partial charge in [-0.25, -0.2) is 4.98 Å². The Labute approximate surface area is 160 Å². The number of benzene rings is 1. The number of hydrogen-bond acceptors (Lipinski definition) is 6. The number of ether oxygens (including phenoxy) is 2. The van der Waals surface area contributed by atoms with Crippen molar-refractivity contribution in [2.24, 2.45) is 0 Å². The number of carbonyl (C=O) groups excluding carboxylic acids is 1. The van der Waals surface area contributed by atoms with Gasteiger partial charge < -0.3 is 14.8 Å². The predicted octanol–water partition coefficient (Wildman–Crippen LogP) is 4.06. The lowest BCUT2D eigenvalue weighted by Gasteiger charge is -2.09. The van der Waals surface area contributed by atoms with Crippen molar-refractivity contribution in [1.29, 1.82) is 0 Å². The summed E-state index contributed by atoms with van der Waals surface area (Å²) in [5.74, 6) is 1.23. The number of thiazole rings is 1. The number of rotatable bonds is 7. The van der Waals surface area contributed by atoms with E-state index in [9.17, 15) is 4.79 Å². The van der Waals surface area contributed by atoms with E-state index < -0.39 is 0 Å². The maximum Gasteiger partial charge on any atom is 0.224 e. The number of nitrogens with one attached hydrogen (secondary N) is 1. The van der Waals surface area contributed by atoms with Gasteiger partial charge in [0.05, 0.1) is 37.8 Å². The smallest absolute Gasteiger partial charge is 0.224 e. The van der Waals surface area contributed by atoms with Crippen LogP contribution in [0.15, 0.2) is 35.7 Å². The number of hydrogen-bond donors (Lipinski definition) is 1. The number of thiophene rings is 1. The molecule has 0 aliphatic rings. The molecule has 26 heavy (non-hydrogen) atoms. The van der Waals surface area contributed by atoms with Crippen molar-refractivity contribution in [2.75, 3.05) is 14.2 Å². The van der Waals surface area contributed by atoms with Gasteiger partial charge >= 0.3 is 0 Å². The Balaban J connectivity index is 1.61. The van der Waals surface area contributed by atoms with E-state index in [1.165, 1.54) is 0 Å². The van der Waals surface area contributed by atoms with Gasteiger partial charge in [-0.1, -0.05) is 12.1 Å². The van der Waals surface area contributed by atoms with E-state index in [4.69, 9.17) is 9.47 Å². The molecule has 136 valence electrons. The maximum absolute atomic E-state index is 12.3. The molecule has 5 nitrogen and oxygen atoms in total. The minimum Gasteiger partial charge on any atom is -0.493 e. The molecule has 0 atom stereocenters. The molecule has 1 aromatic carbocycles. The van der Waals surface area contributed by atoms with Crippen LogP contribution in [0.5, 0.6) is 11.5 Å². The largest absolute Gasteiger partial charge is 0.493 e. The van der Waals surface area contributed by atoms with Crippen LogP contribution in [0, 0.1) is 6.92 Å². The summed E-state index contributed by atoms with van der Waals surface area (Å²) in [7, 11) is 3.17. The molecule has 0 spiro atoms. The second kappa shape index (κ2) is 8.33. The van der Waals surface area contributed by atoms with Gasteiger partial charge in [0.2, 0.25) is 5.91 Å². The molecule has 1 amide bonds. The Morgan fingerprint density at radius 1 is 1.19 bits per heavy atom. The van der Waals surface area contributed by atoms with Crippen molar-refractivity contribution in [3.05, 3.63) is 51.8 Å². The maximum atomic E-state index is 12.3. The van der Waals surface area contributed by atoms with Crippen molar-refractivity contribution in [3.8, 4) is 21.4 Å². The molecule has 0 bridgehead atoms. The first-order chi connectivity index (χ1) is 12.6. The van der Waals surface area contributed by atoms with Crippen LogP contribution >= 0.6 is 22.7 Å². The third-order valence-electron chi connectivity index (χ3n) is 3.88. The average Bonchev–Trinajstić information content (AvgIpc) is 3.29. The topological polar surface area (TPSA) is 60.5 Å². The minimum absolute atomic E-state index is 0.0392. The molecule has 0 aliphatic heterocycles. The SMILES string of the molecule is COc1ccc(CC(=O)NCc2sc(-c3cccs3)nc2C)cc1OC. The third kappa shape index (κ3) is 4.23. The summed E-state index contributed by atoms with van der Waals surface area (Å²) < 4.78 is 10.5. The van der Waals surface area contributed by atoms with Crippen LogP contribution in [-0.4, -0.2) is 25.1 Å². The summed E-state index contributed by atoms with van der Waals surface area (Å²) in [6.07, 6.45) is 0.288. The van der Waals surface area contributed by atoms with E-state index in [2.05, 4.69) is 16.4 Å². The molecule has 7 heteroatoms. The Kier molecular flexibility index (Phi) is 5.90. The number of aromatic nitrogens is 1. The molecule has 0 radical (unpaired) electrons. The second-order valence-corrected chi connectivity index (χ2v) is 7.68. The van der Waals surface area contributed by atoms with Crippen molar-refractivity contribution in [3.63, 3.8) is 0 Å². The molecular formula is C19H20N2O3S2. The van der Waals surface area contributed by atoms with Gasteiger partial charge in [-0.2, -0.15) is 0 Å². The van der Waals surface area contributed by atoms with Gasteiger partial charge in [0.1, 0.15) is 5.01 Å². The molecule has 0 aliphatic carbocycles. The number of aryl methyl sites for hydroxylation is 1. The van der Waals surface area contributed by atoms with Crippen LogP contribution in [-0.2, 0) is 17.8 Å². The highest BCUT2D eigenvalue weighted by molar-refractivity contribution is 7.21.